The number of nitrogens with zero attached hydrogens (tertiary/aromatic N) is 1. The Morgan fingerprint density at radius 3 is 2.25 bits per heavy atom. The van der Waals surface area contributed by atoms with Crippen LogP contribution in [0, 0.1) is 0 Å². The number of hydrogen-bond acceptors (Lipinski definition) is 9. The van der Waals surface area contributed by atoms with Gasteiger partial charge in [-0.25, -0.2) is 0 Å². The highest BCUT2D eigenvalue weighted by molar-refractivity contribution is 6.13. The first-order valence-electron chi connectivity index (χ1n) is 13.4. The monoisotopic (exact) mass is 553 g/mol. The number of esters is 1. The molecule has 9 heteroatoms. The second kappa shape index (κ2) is 15.7. The Bertz CT molecular complexity index is 1190. The summed E-state index contributed by atoms with van der Waals surface area (Å²) in [6.45, 7) is 14.0. The van der Waals surface area contributed by atoms with Crippen molar-refractivity contribution in [3.8, 4) is 23.0 Å². The molecule has 40 heavy (non-hydrogen) atoms. The maximum atomic E-state index is 14.2. The van der Waals surface area contributed by atoms with Crippen LogP contribution in [0.25, 0.3) is 0 Å². The van der Waals surface area contributed by atoms with Crippen LogP contribution in [-0.2, 0) is 27.1 Å². The Morgan fingerprint density at radius 2 is 1.62 bits per heavy atom. The second-order valence-corrected chi connectivity index (χ2v) is 9.01. The number of benzene rings is 2. The Hall–Kier alpha value is -3.82. The average Bonchev–Trinajstić information content (AvgIpc) is 2.98. The van der Waals surface area contributed by atoms with Crippen molar-refractivity contribution < 1.29 is 38.0 Å². The number of carbonyl (C=O) groups excluding carboxylic acids is 2. The molecular formula is C31H39NO8. The molecule has 0 radical (unpaired) electrons. The van der Waals surface area contributed by atoms with Crippen LogP contribution in [0.2, 0.25) is 0 Å². The molecule has 0 spiro atoms. The van der Waals surface area contributed by atoms with E-state index in [1.807, 2.05) is 6.92 Å². The fourth-order valence-electron chi connectivity index (χ4n) is 4.50. The molecule has 9 nitrogen and oxygen atoms in total. The van der Waals surface area contributed by atoms with Crippen LogP contribution in [0.1, 0.15) is 34.0 Å². The Labute approximate surface area is 236 Å². The largest absolute Gasteiger partial charge is 0.493 e. The van der Waals surface area contributed by atoms with Gasteiger partial charge in [-0.15, -0.1) is 0 Å². The van der Waals surface area contributed by atoms with Crippen molar-refractivity contribution in [1.29, 1.82) is 0 Å². The van der Waals surface area contributed by atoms with Gasteiger partial charge in [-0.2, -0.15) is 0 Å². The normalized spacial score (nSPS) is 13.3. The molecule has 216 valence electrons. The van der Waals surface area contributed by atoms with E-state index in [4.69, 9.17) is 28.4 Å². The summed E-state index contributed by atoms with van der Waals surface area (Å²) >= 11 is 0. The van der Waals surface area contributed by atoms with Crippen LogP contribution >= 0.6 is 0 Å². The molecule has 0 aromatic heterocycles. The fraction of sp³-hybridized carbons (Fsp3) is 0.419. The van der Waals surface area contributed by atoms with Gasteiger partial charge in [0.25, 0.3) is 0 Å². The maximum Gasteiger partial charge on any atom is 0.310 e. The molecule has 3 rings (SSSR count). The van der Waals surface area contributed by atoms with E-state index < -0.39 is 5.97 Å². The predicted molar refractivity (Wildman–Crippen MR) is 152 cm³/mol. The van der Waals surface area contributed by atoms with E-state index in [1.165, 1.54) is 7.11 Å². The standard InChI is InChI=1S/C31H39NO8/c1-6-14-38-26-21-28(39-15-7-2)30(24(23(26)8-3)20-29(33)36-5)31(34)22-9-10-25(35-4)27(19-22)40-18-13-32-11-16-37-17-12-32/h6-7,9-10,19,21H,1-2,8,11-18,20H2,3-5H3. The predicted octanol–water partition coefficient (Wildman–Crippen LogP) is 4.04. The first-order valence-corrected chi connectivity index (χ1v) is 13.4. The summed E-state index contributed by atoms with van der Waals surface area (Å²) in [5.41, 5.74) is 1.83. The minimum Gasteiger partial charge on any atom is -0.493 e. The van der Waals surface area contributed by atoms with Gasteiger partial charge < -0.3 is 28.4 Å². The van der Waals surface area contributed by atoms with Crippen molar-refractivity contribution in [2.45, 2.75) is 19.8 Å². The lowest BCUT2D eigenvalue weighted by Gasteiger charge is -2.26. The SMILES string of the molecule is C=CCOc1cc(OCC=C)c(C(=O)c2ccc(OC)c(OCCN3CCOCC3)c2)c(CC(=O)OC)c1CC. The van der Waals surface area contributed by atoms with Gasteiger partial charge in [-0.1, -0.05) is 32.2 Å². The van der Waals surface area contributed by atoms with E-state index in [9.17, 15) is 9.59 Å². The minimum absolute atomic E-state index is 0.129. The van der Waals surface area contributed by atoms with E-state index in [2.05, 4.69) is 18.1 Å². The lowest BCUT2D eigenvalue weighted by atomic mass is 9.90. The molecule has 1 aliphatic rings. The Morgan fingerprint density at radius 1 is 0.925 bits per heavy atom. The molecule has 0 aliphatic carbocycles. The topological polar surface area (TPSA) is 92.8 Å². The van der Waals surface area contributed by atoms with Crippen molar-refractivity contribution in [1.82, 2.24) is 4.90 Å². The lowest BCUT2D eigenvalue weighted by Crippen LogP contribution is -2.38. The highest BCUT2D eigenvalue weighted by Crippen LogP contribution is 2.38. The molecule has 0 unspecified atom stereocenters. The number of ether oxygens (including phenoxy) is 6. The molecule has 0 atom stereocenters. The third-order valence-corrected chi connectivity index (χ3v) is 6.51. The van der Waals surface area contributed by atoms with E-state index in [0.717, 1.165) is 25.2 Å². The summed E-state index contributed by atoms with van der Waals surface area (Å²) in [6.07, 6.45) is 3.59. The summed E-state index contributed by atoms with van der Waals surface area (Å²) in [6, 6.07) is 6.71. The summed E-state index contributed by atoms with van der Waals surface area (Å²) in [5.74, 6) is 0.944. The highest BCUT2D eigenvalue weighted by atomic mass is 16.5. The van der Waals surface area contributed by atoms with Gasteiger partial charge in [0.15, 0.2) is 17.3 Å². The zero-order valence-electron chi connectivity index (χ0n) is 23.7. The smallest absolute Gasteiger partial charge is 0.310 e. The van der Waals surface area contributed by atoms with Crippen LogP contribution in [0.3, 0.4) is 0 Å². The summed E-state index contributed by atoms with van der Waals surface area (Å²) in [4.78, 5) is 28.9. The van der Waals surface area contributed by atoms with Gasteiger partial charge in [-0.05, 0) is 35.7 Å². The van der Waals surface area contributed by atoms with E-state index in [0.29, 0.717) is 54.6 Å². The third kappa shape index (κ3) is 7.86. The fourth-order valence-corrected chi connectivity index (χ4v) is 4.50. The second-order valence-electron chi connectivity index (χ2n) is 9.01. The first kappa shape index (κ1) is 30.7. The van der Waals surface area contributed by atoms with Gasteiger partial charge in [0.1, 0.15) is 31.3 Å². The van der Waals surface area contributed by atoms with Crippen molar-refractivity contribution >= 4 is 11.8 Å². The zero-order valence-corrected chi connectivity index (χ0v) is 23.7. The van der Waals surface area contributed by atoms with Gasteiger partial charge in [0.05, 0.1) is 39.4 Å². The number of rotatable bonds is 16. The molecule has 0 N–H and O–H groups in total. The molecule has 1 heterocycles. The van der Waals surface area contributed by atoms with Crippen molar-refractivity contribution in [3.05, 3.63) is 71.8 Å². The summed E-state index contributed by atoms with van der Waals surface area (Å²) < 4.78 is 33.8. The number of morpholine rings is 1. The van der Waals surface area contributed by atoms with E-state index >= 15 is 0 Å². The molecule has 0 bridgehead atoms. The number of methoxy groups -OCH3 is 2. The van der Waals surface area contributed by atoms with Gasteiger partial charge >= 0.3 is 5.97 Å². The molecule has 0 amide bonds. The van der Waals surface area contributed by atoms with Crippen LogP contribution < -0.4 is 18.9 Å². The third-order valence-electron chi connectivity index (χ3n) is 6.51. The molecular weight excluding hydrogens is 514 g/mol. The van der Waals surface area contributed by atoms with E-state index in [-0.39, 0.29) is 36.7 Å². The van der Waals surface area contributed by atoms with Crippen LogP contribution in [0.15, 0.2) is 49.6 Å². The number of hydrogen-bond donors (Lipinski definition) is 0. The number of carbonyl (C=O) groups is 2. The van der Waals surface area contributed by atoms with Crippen molar-refractivity contribution in [3.63, 3.8) is 0 Å². The van der Waals surface area contributed by atoms with Crippen LogP contribution in [-0.4, -0.2) is 83.5 Å². The molecule has 0 saturated carbocycles. The van der Waals surface area contributed by atoms with Gasteiger partial charge in [0.2, 0.25) is 0 Å². The summed E-state index contributed by atoms with van der Waals surface area (Å²) in [5, 5.41) is 0. The van der Waals surface area contributed by atoms with Crippen LogP contribution in [0.5, 0.6) is 23.0 Å². The molecule has 1 fully saturated rings. The molecule has 1 saturated heterocycles. The van der Waals surface area contributed by atoms with Gasteiger partial charge in [-0.3, -0.25) is 14.5 Å². The molecule has 2 aromatic rings. The van der Waals surface area contributed by atoms with Crippen LogP contribution in [0.4, 0.5) is 0 Å². The van der Waals surface area contributed by atoms with Crippen molar-refractivity contribution in [2.24, 2.45) is 0 Å². The summed E-state index contributed by atoms with van der Waals surface area (Å²) in [7, 11) is 2.86. The number of ketones is 1. The maximum absolute atomic E-state index is 14.2. The Kier molecular flexibility index (Phi) is 12.0. The van der Waals surface area contributed by atoms with Crippen molar-refractivity contribution in [2.75, 3.05) is 66.9 Å². The average molecular weight is 554 g/mol. The quantitative estimate of drug-likeness (QED) is 0.173. The minimum atomic E-state index is -0.485. The first-order chi connectivity index (χ1) is 19.5. The van der Waals surface area contributed by atoms with Gasteiger partial charge in [0, 0.05) is 31.3 Å². The molecule has 2 aromatic carbocycles. The van der Waals surface area contributed by atoms with E-state index in [1.54, 1.807) is 43.5 Å². The highest BCUT2D eigenvalue weighted by Gasteiger charge is 2.27. The lowest BCUT2D eigenvalue weighted by molar-refractivity contribution is -0.139. The molecule has 1 aliphatic heterocycles. The Balaban J connectivity index is 2.05. The zero-order chi connectivity index (χ0) is 28.9.